The van der Waals surface area contributed by atoms with E-state index in [1.807, 2.05) is 54.6 Å². The number of hydrogen-bond donors (Lipinski definition) is 0. The fraction of sp³-hybridized carbons (Fsp3) is 0. The summed E-state index contributed by atoms with van der Waals surface area (Å²) in [5, 5.41) is 2.13. The molecule has 1 heterocycles. The molecule has 1 aromatic heterocycles. The Morgan fingerprint density at radius 3 is 1.36 bits per heavy atom. The van der Waals surface area contributed by atoms with Gasteiger partial charge in [0.05, 0.1) is 31.6 Å². The van der Waals surface area contributed by atoms with Gasteiger partial charge in [0.1, 0.15) is 0 Å². The topological polar surface area (TPSA) is 8.17 Å². The molecular weight excluding hydrogens is 677 g/mol. The number of hydrogen-bond acceptors (Lipinski definition) is 1. The van der Waals surface area contributed by atoms with E-state index in [-0.39, 0.29) is 39.9 Å². The number of rotatable bonds is 8. The monoisotopic (exact) mass is 729 g/mol. The lowest BCUT2D eigenvalue weighted by Gasteiger charge is -2.27. The first-order valence-corrected chi connectivity index (χ1v) is 17.9. The van der Waals surface area contributed by atoms with E-state index >= 15 is 0 Å². The third kappa shape index (κ3) is 6.24. The van der Waals surface area contributed by atoms with Crippen molar-refractivity contribution in [3.8, 4) is 50.2 Å². The molecule has 0 saturated carbocycles. The van der Waals surface area contributed by atoms with E-state index in [1.54, 1.807) is 41.3 Å². The SMILES string of the molecule is [2H]c1c([2H])c([2H])c(-c2ccc(N(c3ccc(-c4ccc5c(c4)c4ccccc4n5-c4ccccc4)cc3)c3cc(-c4c([2H])c([2H])c([2H])c([2H])c4[2H])cc(-c4c([2H])c([2H])c([2H])c([2H])c4[2H])c3)cc2)c([2H])c1[2H]. The maximum absolute atomic E-state index is 8.95. The molecule has 0 amide bonds. The van der Waals surface area contributed by atoms with Crippen LogP contribution in [0.15, 0.2) is 230 Å². The first-order chi connectivity index (χ1) is 34.0. The van der Waals surface area contributed by atoms with Crippen molar-refractivity contribution in [2.45, 2.75) is 0 Å². The van der Waals surface area contributed by atoms with Gasteiger partial charge in [-0.25, -0.2) is 0 Å². The van der Waals surface area contributed by atoms with E-state index in [4.69, 9.17) is 20.6 Å². The zero-order chi connectivity index (χ0) is 50.3. The van der Waals surface area contributed by atoms with Crippen LogP contribution in [0.1, 0.15) is 20.6 Å². The predicted molar refractivity (Wildman–Crippen MR) is 237 cm³/mol. The van der Waals surface area contributed by atoms with Crippen LogP contribution in [0.4, 0.5) is 17.1 Å². The molecule has 10 rings (SSSR count). The molecular formula is C54H38N2. The smallest absolute Gasteiger partial charge is 0.0629 e. The molecule has 0 aliphatic carbocycles. The minimum atomic E-state index is -0.604. The van der Waals surface area contributed by atoms with Gasteiger partial charge >= 0.3 is 0 Å². The quantitative estimate of drug-likeness (QED) is 0.151. The Morgan fingerprint density at radius 2 is 0.786 bits per heavy atom. The van der Waals surface area contributed by atoms with Crippen molar-refractivity contribution in [1.82, 2.24) is 4.57 Å². The maximum atomic E-state index is 8.95. The van der Waals surface area contributed by atoms with Gasteiger partial charge in [0, 0.05) is 33.5 Å². The molecule has 0 bridgehead atoms. The number of nitrogens with zero attached hydrogens (tertiary/aromatic N) is 2. The van der Waals surface area contributed by atoms with Gasteiger partial charge in [-0.15, -0.1) is 0 Å². The van der Waals surface area contributed by atoms with Gasteiger partial charge in [0.2, 0.25) is 0 Å². The van der Waals surface area contributed by atoms with Crippen LogP contribution in [-0.4, -0.2) is 4.57 Å². The van der Waals surface area contributed by atoms with E-state index in [0.29, 0.717) is 22.6 Å². The first-order valence-electron chi connectivity index (χ1n) is 25.4. The highest BCUT2D eigenvalue weighted by Crippen LogP contribution is 2.41. The highest BCUT2D eigenvalue weighted by atomic mass is 15.1. The standard InChI is InChI=1S/C54H38N2/c1-5-15-39(16-6-1)42-25-30-48(31-26-42)55(50-36-45(40-17-7-2-8-18-40)35-46(37-50)41-19-9-3-10-20-41)49-32-27-43(28-33-49)44-29-34-54-52(38-44)51-23-13-14-24-53(51)56(54)47-21-11-4-12-22-47/h1-38H/i1D,2D,3D,5D,6D,7D,8D,9D,10D,15D,16D,17D,18D,19D,20D. The van der Waals surface area contributed by atoms with E-state index in [1.165, 1.54) is 6.07 Å². The molecule has 10 aromatic rings. The van der Waals surface area contributed by atoms with E-state index in [9.17, 15) is 0 Å². The summed E-state index contributed by atoms with van der Waals surface area (Å²) in [6.45, 7) is 0. The lowest BCUT2D eigenvalue weighted by atomic mass is 9.97. The second-order valence-electron chi connectivity index (χ2n) is 13.1. The van der Waals surface area contributed by atoms with Crippen molar-refractivity contribution >= 4 is 38.9 Å². The lowest BCUT2D eigenvalue weighted by molar-refractivity contribution is 1.18. The average Bonchev–Trinajstić information content (AvgIpc) is 3.72. The van der Waals surface area contributed by atoms with Gasteiger partial charge < -0.3 is 9.47 Å². The van der Waals surface area contributed by atoms with Crippen LogP contribution in [0.3, 0.4) is 0 Å². The van der Waals surface area contributed by atoms with E-state index in [0.717, 1.165) is 38.6 Å². The van der Waals surface area contributed by atoms with Gasteiger partial charge in [-0.05, 0) is 117 Å². The molecule has 0 aliphatic heterocycles. The van der Waals surface area contributed by atoms with Gasteiger partial charge in [-0.1, -0.05) is 157 Å². The molecule has 0 saturated heterocycles. The van der Waals surface area contributed by atoms with E-state index in [2.05, 4.69) is 47.0 Å². The fourth-order valence-electron chi connectivity index (χ4n) is 7.25. The maximum Gasteiger partial charge on any atom is 0.0629 e. The van der Waals surface area contributed by atoms with Crippen molar-refractivity contribution in [3.63, 3.8) is 0 Å². The summed E-state index contributed by atoms with van der Waals surface area (Å²) in [5.74, 6) is 0. The van der Waals surface area contributed by atoms with Gasteiger partial charge in [0.25, 0.3) is 0 Å². The summed E-state index contributed by atoms with van der Waals surface area (Å²) in [7, 11) is 0. The van der Waals surface area contributed by atoms with Crippen LogP contribution in [0.2, 0.25) is 0 Å². The van der Waals surface area contributed by atoms with Crippen LogP contribution in [-0.2, 0) is 0 Å². The number of benzene rings is 9. The molecule has 9 aromatic carbocycles. The predicted octanol–water partition coefficient (Wildman–Crippen LogP) is 14.9. The van der Waals surface area contributed by atoms with E-state index < -0.39 is 78.6 Å². The van der Waals surface area contributed by atoms with Crippen molar-refractivity contribution < 1.29 is 20.6 Å². The number of aromatic nitrogens is 1. The fourth-order valence-corrected chi connectivity index (χ4v) is 7.25. The second kappa shape index (κ2) is 14.4. The van der Waals surface area contributed by atoms with Crippen LogP contribution >= 0.6 is 0 Å². The average molecular weight is 730 g/mol. The molecule has 56 heavy (non-hydrogen) atoms. The van der Waals surface area contributed by atoms with Gasteiger partial charge in [-0.2, -0.15) is 0 Å². The van der Waals surface area contributed by atoms with Crippen molar-refractivity contribution in [3.05, 3.63) is 230 Å². The highest BCUT2D eigenvalue weighted by molar-refractivity contribution is 6.10. The molecule has 0 unspecified atom stereocenters. The molecule has 264 valence electrons. The number of fused-ring (bicyclic) bond motifs is 3. The van der Waals surface area contributed by atoms with Crippen LogP contribution < -0.4 is 4.90 Å². The first kappa shape index (κ1) is 20.9. The molecule has 2 nitrogen and oxygen atoms in total. The number of para-hydroxylation sites is 2. The van der Waals surface area contributed by atoms with Crippen molar-refractivity contribution in [2.24, 2.45) is 0 Å². The molecule has 0 aliphatic rings. The van der Waals surface area contributed by atoms with Crippen molar-refractivity contribution in [1.29, 1.82) is 0 Å². The summed E-state index contributed by atoms with van der Waals surface area (Å²) < 4.78 is 131. The largest absolute Gasteiger partial charge is 0.310 e. The minimum Gasteiger partial charge on any atom is -0.310 e. The third-order valence-corrected chi connectivity index (χ3v) is 9.81. The Morgan fingerprint density at radius 1 is 0.321 bits per heavy atom. The third-order valence-electron chi connectivity index (χ3n) is 9.81. The zero-order valence-electron chi connectivity index (χ0n) is 44.7. The van der Waals surface area contributed by atoms with Gasteiger partial charge in [0.15, 0.2) is 0 Å². The number of anilines is 3. The van der Waals surface area contributed by atoms with Crippen LogP contribution in [0.5, 0.6) is 0 Å². The van der Waals surface area contributed by atoms with Gasteiger partial charge in [-0.3, -0.25) is 0 Å². The Balaban J connectivity index is 1.19. The molecule has 0 radical (unpaired) electrons. The summed E-state index contributed by atoms with van der Waals surface area (Å²) in [6, 6.07) is 35.6. The Bertz CT molecular complexity index is 3640. The summed E-state index contributed by atoms with van der Waals surface area (Å²) in [6.07, 6.45) is 0. The van der Waals surface area contributed by atoms with Crippen LogP contribution in [0.25, 0.3) is 72.0 Å². The Labute approximate surface area is 348 Å². The van der Waals surface area contributed by atoms with Crippen LogP contribution in [0, 0.1) is 0 Å². The molecule has 0 fully saturated rings. The normalized spacial score (nSPS) is 15.0. The molecule has 0 atom stereocenters. The highest BCUT2D eigenvalue weighted by Gasteiger charge is 2.18. The van der Waals surface area contributed by atoms with Crippen molar-refractivity contribution in [2.75, 3.05) is 4.90 Å². The Kier molecular flexibility index (Phi) is 5.38. The molecule has 0 spiro atoms. The summed E-state index contributed by atoms with van der Waals surface area (Å²) in [4.78, 5) is 1.78. The zero-order valence-corrected chi connectivity index (χ0v) is 29.7. The lowest BCUT2D eigenvalue weighted by Crippen LogP contribution is -2.10. The summed E-state index contributed by atoms with van der Waals surface area (Å²) in [5.41, 5.74) is 6.41. The Hall–Kier alpha value is -7.42. The second-order valence-corrected chi connectivity index (χ2v) is 13.1. The minimum absolute atomic E-state index is 0.00558. The summed E-state index contributed by atoms with van der Waals surface area (Å²) >= 11 is 0. The molecule has 2 heteroatoms. The molecule has 0 N–H and O–H groups in total.